The van der Waals surface area contributed by atoms with E-state index in [1.807, 2.05) is 0 Å². The van der Waals surface area contributed by atoms with Crippen molar-refractivity contribution >= 4 is 44.3 Å². The van der Waals surface area contributed by atoms with Crippen LogP contribution < -0.4 is 10.9 Å². The molecule has 0 saturated heterocycles. The lowest BCUT2D eigenvalue weighted by molar-refractivity contribution is -0.113. The Hall–Kier alpha value is -3.54. The van der Waals surface area contributed by atoms with Gasteiger partial charge in [-0.25, -0.2) is 22.1 Å². The number of hydrogen-bond acceptors (Lipinski definition) is 6. The average molecular weight is 527 g/mol. The van der Waals surface area contributed by atoms with Crippen molar-refractivity contribution in [1.82, 2.24) is 13.9 Å². The van der Waals surface area contributed by atoms with Crippen molar-refractivity contribution in [2.75, 3.05) is 25.2 Å². The van der Waals surface area contributed by atoms with Crippen LogP contribution in [0.2, 0.25) is 0 Å². The summed E-state index contributed by atoms with van der Waals surface area (Å²) in [6.45, 7) is 1.68. The van der Waals surface area contributed by atoms with Gasteiger partial charge in [0.05, 0.1) is 27.2 Å². The van der Waals surface area contributed by atoms with Gasteiger partial charge in [0.15, 0.2) is 5.16 Å². The highest BCUT2D eigenvalue weighted by Gasteiger charge is 2.21. The zero-order valence-electron chi connectivity index (χ0n) is 19.7. The van der Waals surface area contributed by atoms with Gasteiger partial charge in [-0.2, -0.15) is 0 Å². The van der Waals surface area contributed by atoms with E-state index in [1.165, 1.54) is 49.0 Å². The molecule has 0 aliphatic carbocycles. The summed E-state index contributed by atoms with van der Waals surface area (Å²) in [5.74, 6) is -0.955. The molecule has 1 heterocycles. The number of nitrogens with one attached hydrogen (secondary N) is 1. The van der Waals surface area contributed by atoms with Crippen molar-refractivity contribution in [3.63, 3.8) is 0 Å². The van der Waals surface area contributed by atoms with E-state index in [9.17, 15) is 22.4 Å². The molecule has 0 radical (unpaired) electrons. The third-order valence-electron chi connectivity index (χ3n) is 5.39. The third-order valence-corrected chi connectivity index (χ3v) is 8.29. The molecule has 3 aromatic carbocycles. The number of aromatic nitrogens is 2. The topological polar surface area (TPSA) is 101 Å². The number of hydrogen-bond donors (Lipinski definition) is 1. The number of nitrogens with zero attached hydrogens (tertiary/aromatic N) is 3. The fraction of sp³-hybridized carbons (Fsp3) is 0.160. The van der Waals surface area contributed by atoms with Crippen LogP contribution in [0.3, 0.4) is 0 Å². The Labute approximate surface area is 211 Å². The van der Waals surface area contributed by atoms with Crippen LogP contribution in [-0.4, -0.2) is 48.0 Å². The van der Waals surface area contributed by atoms with Gasteiger partial charge in [-0.15, -0.1) is 0 Å². The lowest BCUT2D eigenvalue weighted by atomic mass is 10.2. The van der Waals surface area contributed by atoms with Crippen molar-refractivity contribution < 1.29 is 17.6 Å². The molecule has 8 nitrogen and oxygen atoms in total. The first-order valence-electron chi connectivity index (χ1n) is 10.8. The molecule has 0 atom stereocenters. The number of amides is 1. The second-order valence-corrected chi connectivity index (χ2v) is 11.2. The smallest absolute Gasteiger partial charge is 0.266 e. The Morgan fingerprint density at radius 2 is 1.78 bits per heavy atom. The Morgan fingerprint density at radius 1 is 1.08 bits per heavy atom. The minimum atomic E-state index is -3.68. The fourth-order valence-electron chi connectivity index (χ4n) is 3.51. The van der Waals surface area contributed by atoms with E-state index >= 15 is 0 Å². The third kappa shape index (κ3) is 5.18. The highest BCUT2D eigenvalue weighted by Crippen LogP contribution is 2.24. The molecule has 4 rings (SSSR count). The minimum absolute atomic E-state index is 0.0966. The summed E-state index contributed by atoms with van der Waals surface area (Å²) >= 11 is 1.04. The first kappa shape index (κ1) is 25.5. The van der Waals surface area contributed by atoms with Crippen LogP contribution in [0.25, 0.3) is 16.6 Å². The van der Waals surface area contributed by atoms with Crippen LogP contribution in [0.4, 0.5) is 10.1 Å². The number of sulfonamides is 1. The summed E-state index contributed by atoms with van der Waals surface area (Å²) in [5.41, 5.74) is 1.43. The van der Waals surface area contributed by atoms with Gasteiger partial charge in [-0.1, -0.05) is 30.0 Å². The Balaban J connectivity index is 1.62. The van der Waals surface area contributed by atoms with Gasteiger partial charge >= 0.3 is 0 Å². The van der Waals surface area contributed by atoms with Crippen LogP contribution in [0, 0.1) is 12.7 Å². The molecule has 36 heavy (non-hydrogen) atoms. The molecule has 0 bridgehead atoms. The van der Waals surface area contributed by atoms with Gasteiger partial charge in [0.1, 0.15) is 5.82 Å². The monoisotopic (exact) mass is 526 g/mol. The molecule has 186 valence electrons. The number of fused-ring (bicyclic) bond motifs is 1. The van der Waals surface area contributed by atoms with Crippen molar-refractivity contribution in [3.8, 4) is 5.69 Å². The van der Waals surface area contributed by atoms with E-state index < -0.39 is 21.7 Å². The number of halogens is 1. The molecule has 0 aliphatic rings. The predicted molar refractivity (Wildman–Crippen MR) is 139 cm³/mol. The molecular formula is C25H23FN4O4S2. The lowest BCUT2D eigenvalue weighted by Gasteiger charge is -2.15. The zero-order valence-corrected chi connectivity index (χ0v) is 21.4. The molecule has 4 aromatic rings. The predicted octanol–water partition coefficient (Wildman–Crippen LogP) is 3.81. The summed E-state index contributed by atoms with van der Waals surface area (Å²) in [7, 11) is -0.807. The van der Waals surface area contributed by atoms with Crippen molar-refractivity contribution in [2.24, 2.45) is 0 Å². The second-order valence-electron chi connectivity index (χ2n) is 8.13. The fourth-order valence-corrected chi connectivity index (χ4v) is 5.46. The largest absolute Gasteiger partial charge is 0.325 e. The molecule has 0 spiro atoms. The standard InChI is InChI=1S/C25H23FN4O4S2/c1-16-8-11-18(14-22(16)36(33,34)29(2)3)27-23(31)15-35-25-28-21-7-5-4-6-20(21)24(32)30(25)19-12-9-17(26)10-13-19/h4-14H,15H2,1-3H3,(H,27,31). The van der Waals surface area contributed by atoms with Gasteiger partial charge in [-0.3, -0.25) is 14.2 Å². The number of benzene rings is 3. The molecule has 0 unspecified atom stereocenters. The van der Waals surface area contributed by atoms with Crippen molar-refractivity contribution in [3.05, 3.63) is 88.5 Å². The summed E-state index contributed by atoms with van der Waals surface area (Å²) in [6, 6.07) is 16.9. The number of para-hydroxylation sites is 1. The quantitative estimate of drug-likeness (QED) is 0.290. The summed E-state index contributed by atoms with van der Waals surface area (Å²) in [6.07, 6.45) is 0. The van der Waals surface area contributed by atoms with Gasteiger partial charge in [0.2, 0.25) is 15.9 Å². The molecule has 0 fully saturated rings. The van der Waals surface area contributed by atoms with Gasteiger partial charge in [0.25, 0.3) is 5.56 Å². The van der Waals surface area contributed by atoms with Crippen LogP contribution in [-0.2, 0) is 14.8 Å². The molecule has 1 N–H and O–H groups in total. The molecule has 0 saturated carbocycles. The first-order valence-corrected chi connectivity index (χ1v) is 13.2. The Kier molecular flexibility index (Phi) is 7.25. The summed E-state index contributed by atoms with van der Waals surface area (Å²) in [4.78, 5) is 30.6. The molecule has 0 aliphatic heterocycles. The highest BCUT2D eigenvalue weighted by atomic mass is 32.2. The lowest BCUT2D eigenvalue weighted by Crippen LogP contribution is -2.24. The average Bonchev–Trinajstić information content (AvgIpc) is 2.84. The minimum Gasteiger partial charge on any atom is -0.325 e. The SMILES string of the molecule is Cc1ccc(NC(=O)CSc2nc3ccccc3c(=O)n2-c2ccc(F)cc2)cc1S(=O)(=O)N(C)C. The maximum Gasteiger partial charge on any atom is 0.266 e. The number of aryl methyl sites for hydroxylation is 1. The second kappa shape index (κ2) is 10.2. The highest BCUT2D eigenvalue weighted by molar-refractivity contribution is 7.99. The van der Waals surface area contributed by atoms with Crippen LogP contribution in [0.15, 0.2) is 81.6 Å². The maximum absolute atomic E-state index is 13.5. The Morgan fingerprint density at radius 3 is 2.47 bits per heavy atom. The molecule has 1 aromatic heterocycles. The number of carbonyl (C=O) groups excluding carboxylic acids is 1. The normalized spacial score (nSPS) is 11.7. The number of anilines is 1. The van der Waals surface area contributed by atoms with Gasteiger partial charge in [-0.05, 0) is 61.0 Å². The van der Waals surface area contributed by atoms with E-state index in [-0.39, 0.29) is 21.4 Å². The molecule has 1 amide bonds. The summed E-state index contributed by atoms with van der Waals surface area (Å²) < 4.78 is 41.1. The summed E-state index contributed by atoms with van der Waals surface area (Å²) in [5, 5.41) is 3.36. The molecule has 11 heteroatoms. The van der Waals surface area contributed by atoms with Gasteiger partial charge in [0, 0.05) is 19.8 Å². The van der Waals surface area contributed by atoms with Crippen molar-refractivity contribution in [1.29, 1.82) is 0 Å². The van der Waals surface area contributed by atoms with Crippen LogP contribution in [0.1, 0.15) is 5.56 Å². The van der Waals surface area contributed by atoms with Crippen LogP contribution >= 0.6 is 11.8 Å². The van der Waals surface area contributed by atoms with Crippen LogP contribution in [0.5, 0.6) is 0 Å². The Bertz CT molecular complexity index is 1620. The molecular weight excluding hydrogens is 503 g/mol. The number of rotatable bonds is 7. The van der Waals surface area contributed by atoms with Gasteiger partial charge < -0.3 is 5.32 Å². The van der Waals surface area contributed by atoms with Crippen molar-refractivity contribution in [2.45, 2.75) is 17.0 Å². The van der Waals surface area contributed by atoms with E-state index in [1.54, 1.807) is 43.3 Å². The van der Waals surface area contributed by atoms with E-state index in [0.29, 0.717) is 27.8 Å². The maximum atomic E-state index is 13.5. The number of thioether (sulfide) groups is 1. The number of carbonyl (C=O) groups is 1. The van der Waals surface area contributed by atoms with E-state index in [4.69, 9.17) is 0 Å². The van der Waals surface area contributed by atoms with E-state index in [2.05, 4.69) is 10.3 Å². The zero-order chi connectivity index (χ0) is 26.0. The first-order chi connectivity index (χ1) is 17.1. The van der Waals surface area contributed by atoms with E-state index in [0.717, 1.165) is 16.1 Å².